The van der Waals surface area contributed by atoms with Gasteiger partial charge in [0.1, 0.15) is 11.5 Å². The van der Waals surface area contributed by atoms with Crippen LogP contribution in [0.1, 0.15) is 21.5 Å². The second-order valence-electron chi connectivity index (χ2n) is 7.33. The highest BCUT2D eigenvalue weighted by molar-refractivity contribution is 7.91. The zero-order chi connectivity index (χ0) is 25.8. The lowest BCUT2D eigenvalue weighted by Crippen LogP contribution is -2.24. The molecule has 0 bridgehead atoms. The minimum Gasteiger partial charge on any atom is -0.497 e. The smallest absolute Gasteiger partial charge is 0.422 e. The molecule has 0 heterocycles. The number of benzene rings is 3. The van der Waals surface area contributed by atoms with E-state index in [2.05, 4.69) is 0 Å². The summed E-state index contributed by atoms with van der Waals surface area (Å²) in [5.41, 5.74) is 6.87. The maximum Gasteiger partial charge on any atom is 0.422 e. The molecule has 186 valence electrons. The van der Waals surface area contributed by atoms with Crippen LogP contribution in [0.2, 0.25) is 0 Å². The summed E-state index contributed by atoms with van der Waals surface area (Å²) < 4.78 is 75.7. The molecule has 12 heteroatoms. The van der Waals surface area contributed by atoms with Crippen molar-refractivity contribution in [3.63, 3.8) is 0 Å². The third-order valence-electron chi connectivity index (χ3n) is 4.99. The van der Waals surface area contributed by atoms with Gasteiger partial charge in [-0.3, -0.25) is 10.0 Å². The number of carbonyl (C=O) groups excluding carboxylic acids is 1. The number of ether oxygens (including phenoxy) is 2. The van der Waals surface area contributed by atoms with Gasteiger partial charge in [-0.05, 0) is 35.9 Å². The second-order valence-corrected chi connectivity index (χ2v) is 9.25. The topological polar surface area (TPSA) is 128 Å². The molecule has 0 saturated heterocycles. The van der Waals surface area contributed by atoms with Crippen LogP contribution < -0.4 is 20.7 Å². The normalized spacial score (nSPS) is 11.7. The second kappa shape index (κ2) is 10.2. The van der Waals surface area contributed by atoms with Crippen molar-refractivity contribution >= 4 is 21.4 Å². The van der Waals surface area contributed by atoms with E-state index in [4.69, 9.17) is 15.2 Å². The van der Waals surface area contributed by atoms with E-state index in [9.17, 15) is 31.6 Å². The minimum atomic E-state index is -4.78. The number of rotatable bonds is 8. The Balaban J connectivity index is 2.27. The number of carbonyl (C=O) groups is 1. The Morgan fingerprint density at radius 1 is 1.09 bits per heavy atom. The number of sulfone groups is 1. The van der Waals surface area contributed by atoms with Crippen LogP contribution in [-0.4, -0.2) is 39.4 Å². The molecular weight excluding hydrogens is 489 g/mol. The predicted molar refractivity (Wildman–Crippen MR) is 119 cm³/mol. The van der Waals surface area contributed by atoms with Gasteiger partial charge in [0.05, 0.1) is 28.2 Å². The summed E-state index contributed by atoms with van der Waals surface area (Å²) in [6, 6.07) is 14.4. The third-order valence-corrected chi connectivity index (χ3v) is 6.80. The molecule has 8 nitrogen and oxygen atoms in total. The van der Waals surface area contributed by atoms with E-state index >= 15 is 0 Å². The first-order valence-electron chi connectivity index (χ1n) is 10.0. The van der Waals surface area contributed by atoms with E-state index < -0.39 is 50.4 Å². The number of hydrogen-bond acceptors (Lipinski definition) is 7. The van der Waals surface area contributed by atoms with E-state index in [1.54, 1.807) is 30.3 Å². The molecule has 0 saturated carbocycles. The van der Waals surface area contributed by atoms with E-state index in [0.717, 1.165) is 6.07 Å². The summed E-state index contributed by atoms with van der Waals surface area (Å²) in [7, 11) is -3.04. The van der Waals surface area contributed by atoms with Crippen molar-refractivity contribution in [2.45, 2.75) is 22.4 Å². The Morgan fingerprint density at radius 3 is 2.26 bits per heavy atom. The van der Waals surface area contributed by atoms with Crippen molar-refractivity contribution < 1.29 is 41.1 Å². The van der Waals surface area contributed by atoms with Crippen LogP contribution in [-0.2, 0) is 16.3 Å². The highest BCUT2D eigenvalue weighted by Gasteiger charge is 2.33. The summed E-state index contributed by atoms with van der Waals surface area (Å²) in [6.45, 7) is -1.79. The standard InChI is InChI=1S/C23H21F3N2O6S/c1-33-15-7-9-16(10-8-15)35(31,32)19-12-18(22(29)28-30)17(11-14-5-3-2-4-6-14)21(20(19)27)34-13-23(24,25)26/h2-10,12,30H,11,13,27H2,1H3,(H,28,29). The molecule has 35 heavy (non-hydrogen) atoms. The van der Waals surface area contributed by atoms with Gasteiger partial charge in [-0.15, -0.1) is 0 Å². The van der Waals surface area contributed by atoms with Crippen molar-refractivity contribution in [1.29, 1.82) is 0 Å². The van der Waals surface area contributed by atoms with Crippen molar-refractivity contribution in [3.05, 3.63) is 77.4 Å². The first-order valence-corrected chi connectivity index (χ1v) is 11.5. The first-order chi connectivity index (χ1) is 16.5. The van der Waals surface area contributed by atoms with Crippen LogP contribution in [0.15, 0.2) is 70.5 Å². The zero-order valence-corrected chi connectivity index (χ0v) is 19.1. The fourth-order valence-electron chi connectivity index (χ4n) is 3.35. The summed E-state index contributed by atoms with van der Waals surface area (Å²) in [5.74, 6) is -1.41. The minimum absolute atomic E-state index is 0.127. The highest BCUT2D eigenvalue weighted by atomic mass is 32.2. The van der Waals surface area contributed by atoms with Gasteiger partial charge < -0.3 is 15.2 Å². The number of nitrogen functional groups attached to an aromatic ring is 1. The number of nitrogens with two attached hydrogens (primary N) is 1. The largest absolute Gasteiger partial charge is 0.497 e. The van der Waals surface area contributed by atoms with Crippen LogP contribution in [0.4, 0.5) is 18.9 Å². The van der Waals surface area contributed by atoms with Gasteiger partial charge in [-0.2, -0.15) is 13.2 Å². The number of anilines is 1. The molecule has 0 unspecified atom stereocenters. The van der Waals surface area contributed by atoms with Gasteiger partial charge in [0.15, 0.2) is 6.61 Å². The number of methoxy groups -OCH3 is 1. The Bertz CT molecular complexity index is 1310. The maximum atomic E-state index is 13.3. The van der Waals surface area contributed by atoms with Gasteiger partial charge in [0.25, 0.3) is 5.91 Å². The van der Waals surface area contributed by atoms with Crippen LogP contribution in [0.5, 0.6) is 11.5 Å². The van der Waals surface area contributed by atoms with Crippen molar-refractivity contribution in [2.75, 3.05) is 19.5 Å². The Hall–Kier alpha value is -3.77. The SMILES string of the molecule is COc1ccc(S(=O)(=O)c2cc(C(=O)NO)c(Cc3ccccc3)c(OCC(F)(F)F)c2N)cc1. The average Bonchev–Trinajstić information content (AvgIpc) is 2.83. The fourth-order valence-corrected chi connectivity index (χ4v) is 4.76. The van der Waals surface area contributed by atoms with Crippen LogP contribution in [0.3, 0.4) is 0 Å². The number of hydroxylamine groups is 1. The van der Waals surface area contributed by atoms with Crippen LogP contribution in [0, 0.1) is 0 Å². The summed E-state index contributed by atoms with van der Waals surface area (Å²) in [6.07, 6.45) is -4.91. The maximum absolute atomic E-state index is 13.3. The average molecular weight is 510 g/mol. The number of hydrogen-bond donors (Lipinski definition) is 3. The number of alkyl halides is 3. The van der Waals surface area contributed by atoms with Crippen LogP contribution >= 0.6 is 0 Å². The third kappa shape index (κ3) is 5.84. The van der Waals surface area contributed by atoms with Crippen molar-refractivity contribution in [3.8, 4) is 11.5 Å². The lowest BCUT2D eigenvalue weighted by molar-refractivity contribution is -0.153. The van der Waals surface area contributed by atoms with Crippen molar-refractivity contribution in [1.82, 2.24) is 5.48 Å². The summed E-state index contributed by atoms with van der Waals surface area (Å²) in [4.78, 5) is 11.6. The van der Waals surface area contributed by atoms with Crippen LogP contribution in [0.25, 0.3) is 0 Å². The molecule has 3 aromatic carbocycles. The first kappa shape index (κ1) is 25.8. The molecule has 0 spiro atoms. The predicted octanol–water partition coefficient (Wildman–Crippen LogP) is 3.76. The van der Waals surface area contributed by atoms with E-state index in [0.29, 0.717) is 11.3 Å². The van der Waals surface area contributed by atoms with E-state index in [1.165, 1.54) is 36.9 Å². The molecule has 0 aliphatic carbocycles. The molecule has 3 rings (SSSR count). The Morgan fingerprint density at radius 2 is 1.71 bits per heavy atom. The number of amides is 1. The molecule has 0 atom stereocenters. The molecular formula is C23H21F3N2O6S. The van der Waals surface area contributed by atoms with Gasteiger partial charge in [-0.25, -0.2) is 13.9 Å². The Labute approximate surface area is 199 Å². The summed E-state index contributed by atoms with van der Waals surface area (Å²) >= 11 is 0. The molecule has 0 radical (unpaired) electrons. The van der Waals surface area contributed by atoms with E-state index in [1.807, 2.05) is 0 Å². The van der Waals surface area contributed by atoms with Gasteiger partial charge >= 0.3 is 6.18 Å². The van der Waals surface area contributed by atoms with Gasteiger partial charge in [-0.1, -0.05) is 30.3 Å². The van der Waals surface area contributed by atoms with Gasteiger partial charge in [0, 0.05) is 12.0 Å². The Kier molecular flexibility index (Phi) is 7.56. The zero-order valence-electron chi connectivity index (χ0n) is 18.3. The molecule has 4 N–H and O–H groups in total. The summed E-state index contributed by atoms with van der Waals surface area (Å²) in [5, 5.41) is 9.25. The molecule has 0 aliphatic heterocycles. The fraction of sp³-hybridized carbons (Fsp3) is 0.174. The molecule has 0 aliphatic rings. The van der Waals surface area contributed by atoms with Crippen molar-refractivity contribution in [2.24, 2.45) is 0 Å². The molecule has 3 aromatic rings. The lowest BCUT2D eigenvalue weighted by atomic mass is 9.97. The monoisotopic (exact) mass is 510 g/mol. The molecule has 1 amide bonds. The number of halogens is 3. The lowest BCUT2D eigenvalue weighted by Gasteiger charge is -2.21. The van der Waals surface area contributed by atoms with Gasteiger partial charge in [0.2, 0.25) is 9.84 Å². The molecule has 0 fully saturated rings. The number of nitrogens with one attached hydrogen (secondary N) is 1. The van der Waals surface area contributed by atoms with E-state index in [-0.39, 0.29) is 16.9 Å². The molecule has 0 aromatic heterocycles. The highest BCUT2D eigenvalue weighted by Crippen LogP contribution is 2.40. The quantitative estimate of drug-likeness (QED) is 0.239.